The quantitative estimate of drug-likeness (QED) is 0.808. The van der Waals surface area contributed by atoms with Crippen molar-refractivity contribution >= 4 is 29.1 Å². The van der Waals surface area contributed by atoms with Gasteiger partial charge in [-0.05, 0) is 12.1 Å². The Morgan fingerprint density at radius 3 is 2.38 bits per heavy atom. The first-order chi connectivity index (χ1) is 6.20. The monoisotopic (exact) mass is 215 g/mol. The van der Waals surface area contributed by atoms with Gasteiger partial charge in [-0.25, -0.2) is 0 Å². The minimum absolute atomic E-state index is 0.0179. The molecule has 0 aliphatic rings. The van der Waals surface area contributed by atoms with Crippen molar-refractivity contribution in [3.8, 4) is 0 Å². The summed E-state index contributed by atoms with van der Waals surface area (Å²) in [6, 6.07) is 8.79. The molecule has 0 aliphatic heterocycles. The molecule has 1 amide bonds. The molecule has 0 saturated carbocycles. The van der Waals surface area contributed by atoms with E-state index in [4.69, 9.17) is 23.2 Å². The van der Waals surface area contributed by atoms with E-state index >= 15 is 0 Å². The van der Waals surface area contributed by atoms with Crippen LogP contribution in [0.2, 0.25) is 0 Å². The predicted molar refractivity (Wildman–Crippen MR) is 53.7 cm³/mol. The number of benzene rings is 1. The van der Waals surface area contributed by atoms with E-state index in [1.807, 2.05) is 6.07 Å². The number of carbonyl (C=O) groups is 1. The second kappa shape index (κ2) is 4.90. The third-order valence-electron chi connectivity index (χ3n) is 1.35. The average molecular weight is 216 g/mol. The fourth-order valence-electron chi connectivity index (χ4n) is 0.793. The first-order valence-electron chi connectivity index (χ1n) is 3.57. The smallest absolute Gasteiger partial charge is 0.255 e. The van der Waals surface area contributed by atoms with Crippen molar-refractivity contribution in [2.45, 2.75) is 0 Å². The summed E-state index contributed by atoms with van der Waals surface area (Å²) in [5, 5.41) is 2.43. The number of carbonyl (C=O) groups excluding carboxylic acids is 1. The molecule has 1 rings (SSSR count). The molecule has 0 saturated heterocycles. The molecule has 0 atom stereocenters. The highest BCUT2D eigenvalue weighted by Crippen LogP contribution is 2.04. The molecule has 0 spiro atoms. The van der Waals surface area contributed by atoms with Crippen LogP contribution in [-0.4, -0.2) is 5.91 Å². The normalized spacial score (nSPS) is 9.08. The lowest BCUT2D eigenvalue weighted by atomic mass is 10.2. The maximum atomic E-state index is 11.3. The molecule has 0 heterocycles. The van der Waals surface area contributed by atoms with E-state index in [2.05, 4.69) is 5.32 Å². The van der Waals surface area contributed by atoms with E-state index in [1.165, 1.54) is 6.20 Å². The molecule has 4 heteroatoms. The molecule has 1 N–H and O–H groups in total. The van der Waals surface area contributed by atoms with E-state index in [1.54, 1.807) is 24.3 Å². The maximum absolute atomic E-state index is 11.3. The molecular formula is C9H7Cl2NO. The Hall–Kier alpha value is -0.990. The van der Waals surface area contributed by atoms with E-state index in [0.29, 0.717) is 5.56 Å². The third kappa shape index (κ3) is 3.49. The summed E-state index contributed by atoms with van der Waals surface area (Å²) >= 11 is 10.6. The topological polar surface area (TPSA) is 29.1 Å². The van der Waals surface area contributed by atoms with Gasteiger partial charge in [0.25, 0.3) is 5.91 Å². The van der Waals surface area contributed by atoms with Gasteiger partial charge in [0, 0.05) is 11.8 Å². The predicted octanol–water partition coefficient (Wildman–Crippen LogP) is 2.69. The first kappa shape index (κ1) is 10.1. The van der Waals surface area contributed by atoms with Gasteiger partial charge in [0.1, 0.15) is 4.49 Å². The van der Waals surface area contributed by atoms with Crippen molar-refractivity contribution in [3.63, 3.8) is 0 Å². The van der Waals surface area contributed by atoms with Gasteiger partial charge >= 0.3 is 0 Å². The van der Waals surface area contributed by atoms with Gasteiger partial charge in [-0.15, -0.1) is 0 Å². The van der Waals surface area contributed by atoms with E-state index in [-0.39, 0.29) is 10.4 Å². The van der Waals surface area contributed by atoms with Crippen molar-refractivity contribution in [1.82, 2.24) is 5.32 Å². The Morgan fingerprint density at radius 1 is 1.23 bits per heavy atom. The zero-order valence-corrected chi connectivity index (χ0v) is 8.14. The fourth-order valence-corrected chi connectivity index (χ4v) is 0.902. The lowest BCUT2D eigenvalue weighted by Crippen LogP contribution is -2.16. The van der Waals surface area contributed by atoms with Gasteiger partial charge in [-0.1, -0.05) is 41.4 Å². The summed E-state index contributed by atoms with van der Waals surface area (Å²) in [4.78, 5) is 11.3. The Morgan fingerprint density at radius 2 is 1.85 bits per heavy atom. The molecule has 0 radical (unpaired) electrons. The summed E-state index contributed by atoms with van der Waals surface area (Å²) in [5.41, 5.74) is 0.563. The van der Waals surface area contributed by atoms with Gasteiger partial charge in [0.2, 0.25) is 0 Å². The van der Waals surface area contributed by atoms with Crippen LogP contribution in [0.3, 0.4) is 0 Å². The third-order valence-corrected chi connectivity index (χ3v) is 1.57. The molecule has 0 aromatic heterocycles. The minimum Gasteiger partial charge on any atom is -0.326 e. The van der Waals surface area contributed by atoms with Crippen molar-refractivity contribution in [2.24, 2.45) is 0 Å². The number of halogens is 2. The zero-order valence-electron chi connectivity index (χ0n) is 6.63. The van der Waals surface area contributed by atoms with Crippen molar-refractivity contribution in [2.75, 3.05) is 0 Å². The van der Waals surface area contributed by atoms with E-state index in [0.717, 1.165) is 0 Å². The Kier molecular flexibility index (Phi) is 3.80. The lowest BCUT2D eigenvalue weighted by Gasteiger charge is -1.98. The number of rotatable bonds is 2. The van der Waals surface area contributed by atoms with Gasteiger partial charge in [-0.3, -0.25) is 4.79 Å². The number of hydrogen-bond acceptors (Lipinski definition) is 1. The van der Waals surface area contributed by atoms with Crippen LogP contribution in [0.15, 0.2) is 41.0 Å². The molecule has 0 unspecified atom stereocenters. The van der Waals surface area contributed by atoms with Gasteiger partial charge in [-0.2, -0.15) is 0 Å². The van der Waals surface area contributed by atoms with E-state index in [9.17, 15) is 4.79 Å². The van der Waals surface area contributed by atoms with Crippen LogP contribution < -0.4 is 5.32 Å². The highest BCUT2D eigenvalue weighted by molar-refractivity contribution is 6.55. The fraction of sp³-hybridized carbons (Fsp3) is 0. The standard InChI is InChI=1S/C9H7Cl2NO/c10-8(11)6-12-9(13)7-4-2-1-3-5-7/h1-6H,(H,12,13). The van der Waals surface area contributed by atoms with Gasteiger partial charge < -0.3 is 5.32 Å². The van der Waals surface area contributed by atoms with Crippen molar-refractivity contribution in [3.05, 3.63) is 46.6 Å². The molecule has 1 aromatic carbocycles. The van der Waals surface area contributed by atoms with Crippen molar-refractivity contribution < 1.29 is 4.79 Å². The van der Waals surface area contributed by atoms with Crippen LogP contribution in [0.4, 0.5) is 0 Å². The Labute approximate surface area is 86.2 Å². The van der Waals surface area contributed by atoms with Crippen LogP contribution in [0.5, 0.6) is 0 Å². The highest BCUT2D eigenvalue weighted by atomic mass is 35.5. The maximum Gasteiger partial charge on any atom is 0.255 e. The molecule has 68 valence electrons. The highest BCUT2D eigenvalue weighted by Gasteiger charge is 2.00. The molecule has 1 aromatic rings. The van der Waals surface area contributed by atoms with Crippen molar-refractivity contribution in [1.29, 1.82) is 0 Å². The average Bonchev–Trinajstić information content (AvgIpc) is 2.15. The minimum atomic E-state index is -0.237. The lowest BCUT2D eigenvalue weighted by molar-refractivity contribution is 0.0970. The number of nitrogens with one attached hydrogen (secondary N) is 1. The summed E-state index contributed by atoms with van der Waals surface area (Å²) in [5.74, 6) is -0.237. The van der Waals surface area contributed by atoms with Crippen LogP contribution in [0, 0.1) is 0 Å². The molecule has 0 fully saturated rings. The second-order valence-electron chi connectivity index (χ2n) is 2.27. The van der Waals surface area contributed by atoms with Gasteiger partial charge in [0.15, 0.2) is 0 Å². The Balaban J connectivity index is 2.65. The van der Waals surface area contributed by atoms with Crippen LogP contribution in [0.25, 0.3) is 0 Å². The SMILES string of the molecule is O=C(NC=C(Cl)Cl)c1ccccc1. The van der Waals surface area contributed by atoms with Crippen LogP contribution in [-0.2, 0) is 0 Å². The number of amides is 1. The van der Waals surface area contributed by atoms with Gasteiger partial charge in [0.05, 0.1) is 0 Å². The molecule has 2 nitrogen and oxygen atoms in total. The zero-order chi connectivity index (χ0) is 9.68. The molecule has 13 heavy (non-hydrogen) atoms. The Bertz CT molecular complexity index is 318. The van der Waals surface area contributed by atoms with Crippen LogP contribution in [0.1, 0.15) is 10.4 Å². The number of hydrogen-bond donors (Lipinski definition) is 1. The summed E-state index contributed by atoms with van der Waals surface area (Å²) in [7, 11) is 0. The summed E-state index contributed by atoms with van der Waals surface area (Å²) < 4.78 is 0.0179. The largest absolute Gasteiger partial charge is 0.326 e. The second-order valence-corrected chi connectivity index (χ2v) is 3.28. The first-order valence-corrected chi connectivity index (χ1v) is 4.33. The summed E-state index contributed by atoms with van der Waals surface area (Å²) in [6.07, 6.45) is 1.23. The summed E-state index contributed by atoms with van der Waals surface area (Å²) in [6.45, 7) is 0. The molecular weight excluding hydrogens is 209 g/mol. The molecule has 0 aliphatic carbocycles. The molecule has 0 bridgehead atoms. The van der Waals surface area contributed by atoms with Crippen LogP contribution >= 0.6 is 23.2 Å². The van der Waals surface area contributed by atoms with E-state index < -0.39 is 0 Å².